The van der Waals surface area contributed by atoms with Crippen LogP contribution in [0.2, 0.25) is 0 Å². The lowest BCUT2D eigenvalue weighted by atomic mass is 10.2. The quantitative estimate of drug-likeness (QED) is 0.744. The van der Waals surface area contributed by atoms with E-state index in [0.717, 1.165) is 0 Å². The van der Waals surface area contributed by atoms with Gasteiger partial charge in [-0.2, -0.15) is 8.78 Å². The number of alkyl halides is 5. The van der Waals surface area contributed by atoms with Gasteiger partial charge in [-0.3, -0.25) is 0 Å². The Morgan fingerprint density at radius 2 is 1.93 bits per heavy atom. The molecule has 0 aromatic heterocycles. The zero-order valence-electron chi connectivity index (χ0n) is 7.39. The summed E-state index contributed by atoms with van der Waals surface area (Å²) in [5, 5.41) is 0. The fourth-order valence-electron chi connectivity index (χ4n) is 0.905. The van der Waals surface area contributed by atoms with Gasteiger partial charge in [0.15, 0.2) is 0 Å². The van der Waals surface area contributed by atoms with Crippen molar-refractivity contribution in [2.45, 2.75) is 17.6 Å². The van der Waals surface area contributed by atoms with Crippen LogP contribution in [0.5, 0.6) is 5.75 Å². The van der Waals surface area contributed by atoms with E-state index in [9.17, 15) is 13.2 Å². The van der Waals surface area contributed by atoms with Crippen molar-refractivity contribution in [2.75, 3.05) is 0 Å². The van der Waals surface area contributed by atoms with E-state index in [0.29, 0.717) is 5.56 Å². The molecule has 1 aromatic rings. The Morgan fingerprint density at radius 1 is 1.33 bits per heavy atom. The van der Waals surface area contributed by atoms with Gasteiger partial charge in [0.25, 0.3) is 5.63 Å². The molecule has 0 spiro atoms. The van der Waals surface area contributed by atoms with Crippen LogP contribution in [0.4, 0.5) is 13.2 Å². The molecule has 0 heterocycles. The summed E-state index contributed by atoms with van der Waals surface area (Å²) in [6, 6.07) is 5.85. The summed E-state index contributed by atoms with van der Waals surface area (Å²) in [7, 11) is 0. The number of ether oxygens (including phenoxy) is 1. The van der Waals surface area contributed by atoms with E-state index < -0.39 is 11.7 Å². The summed E-state index contributed by atoms with van der Waals surface area (Å²) in [4.78, 5) is 0. The molecule has 6 heteroatoms. The predicted molar refractivity (Wildman–Crippen MR) is 52.3 cm³/mol. The van der Waals surface area contributed by atoms with Crippen molar-refractivity contribution in [1.29, 1.82) is 0 Å². The van der Waals surface area contributed by atoms with E-state index in [1.54, 1.807) is 6.07 Å². The monoisotopic (exact) mass is 258 g/mol. The van der Waals surface area contributed by atoms with Crippen LogP contribution >= 0.6 is 23.2 Å². The predicted octanol–water partition coefficient (Wildman–Crippen LogP) is 3.93. The minimum Gasteiger partial charge on any atom is -0.429 e. The van der Waals surface area contributed by atoms with Crippen LogP contribution in [0.25, 0.3) is 0 Å². The maximum Gasteiger partial charge on any atom is 0.444 e. The normalized spacial score (nSPS) is 13.7. The Labute approximate surface area is 94.7 Å². The molecular weight excluding hydrogens is 252 g/mol. The van der Waals surface area contributed by atoms with Crippen molar-refractivity contribution in [3.8, 4) is 5.75 Å². The van der Waals surface area contributed by atoms with Gasteiger partial charge in [-0.1, -0.05) is 29.8 Å². The number of hydrogen-bond donors (Lipinski definition) is 0. The minimum atomic E-state index is -4.07. The zero-order valence-corrected chi connectivity index (χ0v) is 8.90. The lowest BCUT2D eigenvalue weighted by molar-refractivity contribution is -0.199. The van der Waals surface area contributed by atoms with Crippen LogP contribution in [-0.4, -0.2) is 11.7 Å². The number of rotatable bonds is 4. The smallest absolute Gasteiger partial charge is 0.429 e. The van der Waals surface area contributed by atoms with Crippen LogP contribution in [0.15, 0.2) is 24.3 Å². The van der Waals surface area contributed by atoms with E-state index in [1.807, 2.05) is 0 Å². The van der Waals surface area contributed by atoms with Gasteiger partial charge in [0.2, 0.25) is 0 Å². The highest BCUT2D eigenvalue weighted by atomic mass is 35.5. The number of benzene rings is 1. The van der Waals surface area contributed by atoms with Crippen LogP contribution in [0.3, 0.4) is 0 Å². The van der Waals surface area contributed by atoms with Gasteiger partial charge in [0.05, 0.1) is 5.88 Å². The fraction of sp³-hybridized carbons (Fsp3) is 0.333. The molecular formula is C9H7Cl2F3O. The molecule has 0 saturated heterocycles. The second-order valence-corrected chi connectivity index (χ2v) is 3.36. The van der Waals surface area contributed by atoms with E-state index >= 15 is 0 Å². The summed E-state index contributed by atoms with van der Waals surface area (Å²) >= 11 is 10.1. The highest BCUT2D eigenvalue weighted by Crippen LogP contribution is 2.31. The molecule has 0 fully saturated rings. The molecule has 0 aliphatic heterocycles. The lowest BCUT2D eigenvalue weighted by Gasteiger charge is -2.19. The third-order valence-electron chi connectivity index (χ3n) is 1.62. The highest BCUT2D eigenvalue weighted by Gasteiger charge is 2.42. The van der Waals surface area contributed by atoms with Crippen molar-refractivity contribution in [3.05, 3.63) is 29.8 Å². The highest BCUT2D eigenvalue weighted by molar-refractivity contribution is 6.20. The van der Waals surface area contributed by atoms with E-state index in [4.69, 9.17) is 11.6 Å². The first-order chi connectivity index (χ1) is 6.97. The number of para-hydroxylation sites is 1. The van der Waals surface area contributed by atoms with Gasteiger partial charge in [-0.25, -0.2) is 4.39 Å². The van der Waals surface area contributed by atoms with Gasteiger partial charge in [-0.05, 0) is 6.07 Å². The topological polar surface area (TPSA) is 9.23 Å². The first kappa shape index (κ1) is 12.5. The number of hydrogen-bond acceptors (Lipinski definition) is 1. The zero-order chi connectivity index (χ0) is 11.5. The van der Waals surface area contributed by atoms with Crippen molar-refractivity contribution < 1.29 is 17.9 Å². The van der Waals surface area contributed by atoms with Crippen molar-refractivity contribution in [3.63, 3.8) is 0 Å². The van der Waals surface area contributed by atoms with Crippen molar-refractivity contribution >= 4 is 23.2 Å². The Hall–Kier alpha value is -0.610. The van der Waals surface area contributed by atoms with E-state index in [1.165, 1.54) is 18.2 Å². The first-order valence-electron chi connectivity index (χ1n) is 3.96. The molecule has 0 bridgehead atoms. The van der Waals surface area contributed by atoms with Gasteiger partial charge in [0.1, 0.15) is 5.75 Å². The van der Waals surface area contributed by atoms with Crippen LogP contribution in [0, 0.1) is 0 Å². The molecule has 0 amide bonds. The van der Waals surface area contributed by atoms with Crippen LogP contribution in [0.1, 0.15) is 5.56 Å². The fourth-order valence-corrected chi connectivity index (χ4v) is 1.17. The van der Waals surface area contributed by atoms with Gasteiger partial charge < -0.3 is 4.74 Å². The molecule has 0 aliphatic carbocycles. The molecule has 0 radical (unpaired) electrons. The summed E-state index contributed by atoms with van der Waals surface area (Å²) in [6.45, 7) is 0. The third-order valence-corrected chi connectivity index (χ3v) is 2.16. The largest absolute Gasteiger partial charge is 0.444 e. The van der Waals surface area contributed by atoms with Crippen molar-refractivity contribution in [2.24, 2.45) is 0 Å². The molecule has 1 aromatic carbocycles. The molecule has 15 heavy (non-hydrogen) atoms. The van der Waals surface area contributed by atoms with E-state index in [2.05, 4.69) is 16.3 Å². The van der Waals surface area contributed by atoms with Gasteiger partial charge in [0, 0.05) is 5.56 Å². The molecule has 0 aliphatic rings. The minimum absolute atomic E-state index is 0.00844. The Morgan fingerprint density at radius 3 is 2.47 bits per heavy atom. The maximum absolute atomic E-state index is 12.8. The Balaban J connectivity index is 2.89. The molecule has 0 N–H and O–H groups in total. The van der Waals surface area contributed by atoms with Crippen LogP contribution in [-0.2, 0) is 5.88 Å². The maximum atomic E-state index is 12.8. The second kappa shape index (κ2) is 4.94. The summed E-state index contributed by atoms with van der Waals surface area (Å²) in [5.74, 6) is -0.188. The van der Waals surface area contributed by atoms with Crippen molar-refractivity contribution in [1.82, 2.24) is 0 Å². The molecule has 1 atom stereocenters. The lowest BCUT2D eigenvalue weighted by Crippen LogP contribution is -2.33. The average molecular weight is 259 g/mol. The van der Waals surface area contributed by atoms with E-state index in [-0.39, 0.29) is 11.6 Å². The molecule has 84 valence electrons. The van der Waals surface area contributed by atoms with Gasteiger partial charge in [-0.15, -0.1) is 11.6 Å². The summed E-state index contributed by atoms with van der Waals surface area (Å²) < 4.78 is 42.0. The Bertz CT molecular complexity index is 331. The Kier molecular flexibility index (Phi) is 4.11. The second-order valence-electron chi connectivity index (χ2n) is 2.71. The molecule has 0 saturated carbocycles. The standard InChI is InChI=1S/C9H7Cl2F3O/c10-5-6-3-1-2-4-7(6)15-9(13,14)8(11)12/h1-4,8H,5H2. The SMILES string of the molecule is FC(Cl)C(F)(F)Oc1ccccc1CCl. The third kappa shape index (κ3) is 3.18. The van der Waals surface area contributed by atoms with Gasteiger partial charge >= 0.3 is 6.11 Å². The number of halogens is 5. The summed E-state index contributed by atoms with van der Waals surface area (Å²) in [6.07, 6.45) is -4.07. The molecule has 1 unspecified atom stereocenters. The summed E-state index contributed by atoms with van der Waals surface area (Å²) in [5.41, 5.74) is -2.56. The molecule has 1 nitrogen and oxygen atoms in total. The average Bonchev–Trinajstić information content (AvgIpc) is 2.18. The first-order valence-corrected chi connectivity index (χ1v) is 4.93. The van der Waals surface area contributed by atoms with Crippen LogP contribution < -0.4 is 4.74 Å². The molecule has 1 rings (SSSR count).